The van der Waals surface area contributed by atoms with Crippen molar-refractivity contribution in [3.05, 3.63) is 54.1 Å². The maximum absolute atomic E-state index is 7.98. The number of nitrogens with zero attached hydrogens (tertiary/aromatic N) is 2. The van der Waals surface area contributed by atoms with Crippen LogP contribution in [0.4, 0.5) is 5.69 Å². The number of nitrogens with one attached hydrogen (secondary N) is 2. The third kappa shape index (κ3) is 3.08. The highest BCUT2D eigenvalue weighted by atomic mass is 16.7. The molecule has 2 N–H and O–H groups in total. The molecule has 1 unspecified atom stereocenters. The van der Waals surface area contributed by atoms with E-state index in [1.165, 1.54) is 16.3 Å². The molecule has 24 heavy (non-hydrogen) atoms. The molecule has 1 saturated heterocycles. The molecule has 0 saturated carbocycles. The number of benzene rings is 2. The summed E-state index contributed by atoms with van der Waals surface area (Å²) in [7, 11) is 5.82. The van der Waals surface area contributed by atoms with Gasteiger partial charge in [-0.1, -0.05) is 30.3 Å². The molecule has 0 aliphatic carbocycles. The molecule has 5 heteroatoms. The van der Waals surface area contributed by atoms with Crippen LogP contribution in [0.2, 0.25) is 0 Å². The zero-order valence-electron chi connectivity index (χ0n) is 14.6. The van der Waals surface area contributed by atoms with Crippen molar-refractivity contribution in [1.29, 1.82) is 5.41 Å². The van der Waals surface area contributed by atoms with Crippen LogP contribution in [-0.4, -0.2) is 38.8 Å². The minimum atomic E-state index is -0.418. The fourth-order valence-corrected chi connectivity index (χ4v) is 2.83. The lowest BCUT2D eigenvalue weighted by Gasteiger charge is -2.40. The zero-order valence-corrected chi connectivity index (χ0v) is 14.6. The Hall–Kier alpha value is -2.53. The van der Waals surface area contributed by atoms with Gasteiger partial charge in [-0.2, -0.15) is 0 Å². The molecule has 2 aromatic carbocycles. The monoisotopic (exact) mass is 324 g/mol. The van der Waals surface area contributed by atoms with Crippen LogP contribution in [0.25, 0.3) is 11.1 Å². The minimum absolute atomic E-state index is 0.267. The molecule has 1 fully saturated rings. The van der Waals surface area contributed by atoms with Crippen molar-refractivity contribution >= 4 is 11.6 Å². The van der Waals surface area contributed by atoms with Gasteiger partial charge >= 0.3 is 0 Å². The Bertz CT molecular complexity index is 759. The fourth-order valence-electron chi connectivity index (χ4n) is 2.83. The summed E-state index contributed by atoms with van der Waals surface area (Å²) in [6.45, 7) is 2.54. The summed E-state index contributed by atoms with van der Waals surface area (Å²) in [6, 6.07) is 16.9. The first kappa shape index (κ1) is 16.3. The first-order valence-corrected chi connectivity index (χ1v) is 8.01. The van der Waals surface area contributed by atoms with E-state index in [4.69, 9.17) is 10.2 Å². The predicted molar refractivity (Wildman–Crippen MR) is 98.1 cm³/mol. The molecule has 0 amide bonds. The molecule has 0 bridgehead atoms. The van der Waals surface area contributed by atoms with Gasteiger partial charge in [0.15, 0.2) is 0 Å². The summed E-state index contributed by atoms with van der Waals surface area (Å²) >= 11 is 0. The van der Waals surface area contributed by atoms with Crippen LogP contribution in [-0.2, 0) is 10.4 Å². The van der Waals surface area contributed by atoms with Crippen molar-refractivity contribution in [2.45, 2.75) is 12.5 Å². The quantitative estimate of drug-likeness (QED) is 0.911. The van der Waals surface area contributed by atoms with Gasteiger partial charge in [-0.15, -0.1) is 0 Å². The van der Waals surface area contributed by atoms with Crippen molar-refractivity contribution in [1.82, 2.24) is 10.4 Å². The molecule has 1 aliphatic rings. The van der Waals surface area contributed by atoms with Crippen molar-refractivity contribution in [3.63, 3.8) is 0 Å². The van der Waals surface area contributed by atoms with Gasteiger partial charge in [-0.3, -0.25) is 10.2 Å². The number of hydrogen-bond donors (Lipinski definition) is 2. The van der Waals surface area contributed by atoms with Crippen LogP contribution in [0.15, 0.2) is 48.5 Å². The summed E-state index contributed by atoms with van der Waals surface area (Å²) in [5.41, 5.74) is 4.19. The van der Waals surface area contributed by atoms with E-state index in [0.29, 0.717) is 6.61 Å². The summed E-state index contributed by atoms with van der Waals surface area (Å²) in [6.07, 6.45) is 0. The molecule has 126 valence electrons. The van der Waals surface area contributed by atoms with Gasteiger partial charge in [0.2, 0.25) is 5.96 Å². The summed E-state index contributed by atoms with van der Waals surface area (Å²) < 4.78 is 0. The zero-order chi connectivity index (χ0) is 17.3. The Labute approximate surface area is 143 Å². The normalized spacial score (nSPS) is 20.7. The smallest absolute Gasteiger partial charge is 0.216 e. The van der Waals surface area contributed by atoms with E-state index in [1.54, 1.807) is 7.05 Å². The number of hydroxylamine groups is 2. The topological polar surface area (TPSA) is 51.6 Å². The lowest BCUT2D eigenvalue weighted by Crippen LogP contribution is -2.57. The Morgan fingerprint density at radius 2 is 1.79 bits per heavy atom. The predicted octanol–water partition coefficient (Wildman–Crippen LogP) is 3.04. The van der Waals surface area contributed by atoms with Crippen LogP contribution in [0.3, 0.4) is 0 Å². The Morgan fingerprint density at radius 1 is 1.12 bits per heavy atom. The lowest BCUT2D eigenvalue weighted by molar-refractivity contribution is -0.126. The number of hydrogen-bond acceptors (Lipinski definition) is 3. The second-order valence-corrected chi connectivity index (χ2v) is 6.60. The summed E-state index contributed by atoms with van der Waals surface area (Å²) in [4.78, 5) is 7.70. The average Bonchev–Trinajstić information content (AvgIpc) is 2.59. The van der Waals surface area contributed by atoms with Crippen LogP contribution in [0.5, 0.6) is 0 Å². The van der Waals surface area contributed by atoms with Crippen molar-refractivity contribution in [2.75, 3.05) is 32.6 Å². The molecule has 5 nitrogen and oxygen atoms in total. The van der Waals surface area contributed by atoms with Crippen LogP contribution in [0.1, 0.15) is 12.5 Å². The minimum Gasteiger partial charge on any atom is -0.378 e. The standard InChI is InChI=1S/C19H24N4O/c1-19(13-24-23(4)18(20)21-19)16-9-5-7-14(11-16)15-8-6-10-17(12-15)22(2)3/h5-12H,13H2,1-4H3,(H2,20,21). The van der Waals surface area contributed by atoms with Crippen molar-refractivity contribution in [3.8, 4) is 11.1 Å². The molecule has 2 aromatic rings. The van der Waals surface area contributed by atoms with Gasteiger partial charge in [-0.05, 0) is 41.8 Å². The fraction of sp³-hybridized carbons (Fsp3) is 0.316. The van der Waals surface area contributed by atoms with E-state index >= 15 is 0 Å². The van der Waals surface area contributed by atoms with Gasteiger partial charge in [0.05, 0.1) is 5.54 Å². The first-order chi connectivity index (χ1) is 11.4. The maximum atomic E-state index is 7.98. The van der Waals surface area contributed by atoms with E-state index in [-0.39, 0.29) is 5.96 Å². The maximum Gasteiger partial charge on any atom is 0.216 e. The highest BCUT2D eigenvalue weighted by Crippen LogP contribution is 2.30. The number of guanidine groups is 1. The molecule has 1 aliphatic heterocycles. The largest absolute Gasteiger partial charge is 0.378 e. The van der Waals surface area contributed by atoms with Gasteiger partial charge in [0.25, 0.3) is 0 Å². The SMILES string of the molecule is CN1OCC(C)(c2cccc(-c3cccc(N(C)C)c3)c2)NC1=N. The molecule has 1 atom stereocenters. The number of anilines is 1. The number of rotatable bonds is 3. The highest BCUT2D eigenvalue weighted by molar-refractivity contribution is 5.77. The van der Waals surface area contributed by atoms with E-state index in [0.717, 1.165) is 11.1 Å². The van der Waals surface area contributed by atoms with E-state index < -0.39 is 5.54 Å². The summed E-state index contributed by atoms with van der Waals surface area (Å²) in [5, 5.41) is 12.7. The Balaban J connectivity index is 1.95. The molecule has 3 rings (SSSR count). The molecule has 1 heterocycles. The van der Waals surface area contributed by atoms with Crippen LogP contribution >= 0.6 is 0 Å². The Morgan fingerprint density at radius 3 is 2.46 bits per heavy atom. The third-order valence-corrected chi connectivity index (χ3v) is 4.45. The van der Waals surface area contributed by atoms with Crippen molar-refractivity contribution < 1.29 is 4.84 Å². The van der Waals surface area contributed by atoms with E-state index in [9.17, 15) is 0 Å². The van der Waals surface area contributed by atoms with Crippen LogP contribution in [0, 0.1) is 5.41 Å². The van der Waals surface area contributed by atoms with Gasteiger partial charge in [0, 0.05) is 26.8 Å². The van der Waals surface area contributed by atoms with Gasteiger partial charge in [0.1, 0.15) is 6.61 Å². The Kier molecular flexibility index (Phi) is 4.20. The molecule has 0 radical (unpaired) electrons. The molecule has 0 spiro atoms. The second-order valence-electron chi connectivity index (χ2n) is 6.60. The van der Waals surface area contributed by atoms with Crippen LogP contribution < -0.4 is 10.2 Å². The molecular formula is C19H24N4O. The second kappa shape index (κ2) is 6.17. The van der Waals surface area contributed by atoms with Crippen molar-refractivity contribution in [2.24, 2.45) is 0 Å². The summed E-state index contributed by atoms with van der Waals surface area (Å²) in [5.74, 6) is 0.267. The lowest BCUT2D eigenvalue weighted by atomic mass is 9.90. The first-order valence-electron chi connectivity index (χ1n) is 8.01. The van der Waals surface area contributed by atoms with Gasteiger partial charge in [-0.25, -0.2) is 5.06 Å². The molecule has 0 aromatic heterocycles. The van der Waals surface area contributed by atoms with Gasteiger partial charge < -0.3 is 10.2 Å². The average molecular weight is 324 g/mol. The third-order valence-electron chi connectivity index (χ3n) is 4.45. The van der Waals surface area contributed by atoms with E-state index in [2.05, 4.69) is 65.7 Å². The van der Waals surface area contributed by atoms with E-state index in [1.807, 2.05) is 14.1 Å². The molecular weight excluding hydrogens is 300 g/mol. The highest BCUT2D eigenvalue weighted by Gasteiger charge is 2.34.